The molecule has 0 spiro atoms. The first-order valence-electron chi connectivity index (χ1n) is 7.56. The van der Waals surface area contributed by atoms with Crippen molar-refractivity contribution in [3.8, 4) is 0 Å². The van der Waals surface area contributed by atoms with Crippen LogP contribution in [0.2, 0.25) is 10.0 Å². The second-order valence-corrected chi connectivity index (χ2v) is 6.25. The minimum absolute atomic E-state index is 0.682. The molecular formula is C18H22Cl2N2. The average molecular weight is 337 g/mol. The van der Waals surface area contributed by atoms with Gasteiger partial charge in [-0.15, -0.1) is 0 Å². The minimum Gasteiger partial charge on any atom is -0.315 e. The molecule has 0 aliphatic rings. The SMILES string of the molecule is Cc1cccc(CNCCNCCc2ccc(Cl)cc2Cl)c1. The first-order chi connectivity index (χ1) is 10.6. The molecule has 0 aromatic heterocycles. The Kier molecular flexibility index (Phi) is 7.20. The fraction of sp³-hybridized carbons (Fsp3) is 0.333. The van der Waals surface area contributed by atoms with Gasteiger partial charge in [0, 0.05) is 29.7 Å². The van der Waals surface area contributed by atoms with Gasteiger partial charge in [0.1, 0.15) is 0 Å². The van der Waals surface area contributed by atoms with Crippen molar-refractivity contribution in [3.05, 3.63) is 69.2 Å². The van der Waals surface area contributed by atoms with E-state index in [1.165, 1.54) is 11.1 Å². The second kappa shape index (κ2) is 9.16. The quantitative estimate of drug-likeness (QED) is 0.705. The van der Waals surface area contributed by atoms with Crippen molar-refractivity contribution in [1.82, 2.24) is 10.6 Å². The molecule has 2 aromatic carbocycles. The third-order valence-corrected chi connectivity index (χ3v) is 4.06. The third kappa shape index (κ3) is 5.98. The molecule has 2 N–H and O–H groups in total. The molecule has 0 heterocycles. The number of halogens is 2. The van der Waals surface area contributed by atoms with Crippen LogP contribution in [-0.2, 0) is 13.0 Å². The standard InChI is InChI=1S/C18H22Cl2N2/c1-14-3-2-4-15(11-14)13-22-10-9-21-8-7-16-5-6-17(19)12-18(16)20/h2-6,11-12,21-22H,7-10,13H2,1H3. The molecule has 0 amide bonds. The molecular weight excluding hydrogens is 315 g/mol. The number of aryl methyl sites for hydroxylation is 1. The molecule has 0 atom stereocenters. The van der Waals surface area contributed by atoms with Crippen molar-refractivity contribution in [2.24, 2.45) is 0 Å². The van der Waals surface area contributed by atoms with Crippen molar-refractivity contribution < 1.29 is 0 Å². The van der Waals surface area contributed by atoms with Gasteiger partial charge in [0.2, 0.25) is 0 Å². The van der Waals surface area contributed by atoms with E-state index in [1.54, 1.807) is 6.07 Å². The van der Waals surface area contributed by atoms with Gasteiger partial charge in [0.05, 0.1) is 0 Å². The van der Waals surface area contributed by atoms with E-state index < -0.39 is 0 Å². The summed E-state index contributed by atoms with van der Waals surface area (Å²) >= 11 is 12.0. The molecule has 118 valence electrons. The van der Waals surface area contributed by atoms with Crippen LogP contribution in [0.3, 0.4) is 0 Å². The highest BCUT2D eigenvalue weighted by Gasteiger charge is 2.00. The monoisotopic (exact) mass is 336 g/mol. The largest absolute Gasteiger partial charge is 0.315 e. The molecule has 4 heteroatoms. The van der Waals surface area contributed by atoms with Gasteiger partial charge in [-0.3, -0.25) is 0 Å². The Morgan fingerprint density at radius 1 is 0.909 bits per heavy atom. The van der Waals surface area contributed by atoms with E-state index in [9.17, 15) is 0 Å². The van der Waals surface area contributed by atoms with E-state index in [4.69, 9.17) is 23.2 Å². The van der Waals surface area contributed by atoms with Crippen molar-refractivity contribution >= 4 is 23.2 Å². The molecule has 2 nitrogen and oxygen atoms in total. The normalized spacial score (nSPS) is 10.9. The minimum atomic E-state index is 0.682. The predicted molar refractivity (Wildman–Crippen MR) is 95.9 cm³/mol. The maximum atomic E-state index is 6.15. The Balaban J connectivity index is 1.58. The lowest BCUT2D eigenvalue weighted by Gasteiger charge is -2.08. The van der Waals surface area contributed by atoms with Crippen LogP contribution in [0.4, 0.5) is 0 Å². The fourth-order valence-electron chi connectivity index (χ4n) is 2.30. The Hall–Kier alpha value is -1.06. The van der Waals surface area contributed by atoms with Gasteiger partial charge in [-0.05, 0) is 43.1 Å². The lowest BCUT2D eigenvalue weighted by Crippen LogP contribution is -2.28. The van der Waals surface area contributed by atoms with Crippen LogP contribution in [-0.4, -0.2) is 19.6 Å². The second-order valence-electron chi connectivity index (χ2n) is 5.40. The number of benzene rings is 2. The van der Waals surface area contributed by atoms with E-state index in [2.05, 4.69) is 41.8 Å². The van der Waals surface area contributed by atoms with E-state index in [1.807, 2.05) is 12.1 Å². The zero-order valence-electron chi connectivity index (χ0n) is 12.8. The molecule has 0 unspecified atom stereocenters. The van der Waals surface area contributed by atoms with Crippen LogP contribution < -0.4 is 10.6 Å². The maximum absolute atomic E-state index is 6.15. The highest BCUT2D eigenvalue weighted by Crippen LogP contribution is 2.20. The Morgan fingerprint density at radius 2 is 1.73 bits per heavy atom. The van der Waals surface area contributed by atoms with Crippen LogP contribution in [0.5, 0.6) is 0 Å². The molecule has 0 saturated heterocycles. The summed E-state index contributed by atoms with van der Waals surface area (Å²) in [6.07, 6.45) is 0.911. The highest BCUT2D eigenvalue weighted by atomic mass is 35.5. The summed E-state index contributed by atoms with van der Waals surface area (Å²) in [6.45, 7) is 5.83. The van der Waals surface area contributed by atoms with Crippen molar-refractivity contribution in [2.75, 3.05) is 19.6 Å². The van der Waals surface area contributed by atoms with Gasteiger partial charge in [0.25, 0.3) is 0 Å². The molecule has 0 fully saturated rings. The van der Waals surface area contributed by atoms with Crippen molar-refractivity contribution in [2.45, 2.75) is 19.9 Å². The zero-order valence-corrected chi connectivity index (χ0v) is 14.3. The highest BCUT2D eigenvalue weighted by molar-refractivity contribution is 6.35. The van der Waals surface area contributed by atoms with E-state index >= 15 is 0 Å². The number of nitrogens with one attached hydrogen (secondary N) is 2. The maximum Gasteiger partial charge on any atom is 0.0453 e. The number of hydrogen-bond donors (Lipinski definition) is 2. The molecule has 0 saturated carbocycles. The van der Waals surface area contributed by atoms with Gasteiger partial charge in [-0.2, -0.15) is 0 Å². The van der Waals surface area contributed by atoms with Crippen molar-refractivity contribution in [1.29, 1.82) is 0 Å². The van der Waals surface area contributed by atoms with Crippen LogP contribution in [0.15, 0.2) is 42.5 Å². The van der Waals surface area contributed by atoms with Gasteiger partial charge < -0.3 is 10.6 Å². The number of rotatable bonds is 8. The Bertz CT molecular complexity index is 599. The summed E-state index contributed by atoms with van der Waals surface area (Å²) in [6, 6.07) is 14.2. The van der Waals surface area contributed by atoms with Crippen molar-refractivity contribution in [3.63, 3.8) is 0 Å². The lowest BCUT2D eigenvalue weighted by atomic mass is 10.1. The summed E-state index contributed by atoms with van der Waals surface area (Å²) in [4.78, 5) is 0. The first kappa shape index (κ1) is 17.3. The van der Waals surface area contributed by atoms with Gasteiger partial charge in [-0.1, -0.05) is 59.1 Å². The predicted octanol–water partition coefficient (Wildman–Crippen LogP) is 4.22. The fourth-order valence-corrected chi connectivity index (χ4v) is 2.81. The lowest BCUT2D eigenvalue weighted by molar-refractivity contribution is 0.611. The van der Waals surface area contributed by atoms with Gasteiger partial charge >= 0.3 is 0 Å². The van der Waals surface area contributed by atoms with E-state index in [0.29, 0.717) is 5.02 Å². The van der Waals surface area contributed by atoms with Gasteiger partial charge in [-0.25, -0.2) is 0 Å². The summed E-state index contributed by atoms with van der Waals surface area (Å²) in [5.41, 5.74) is 3.76. The molecule has 2 rings (SSSR count). The first-order valence-corrected chi connectivity index (χ1v) is 8.31. The molecule has 0 aliphatic carbocycles. The Labute approximate surface area is 142 Å². The molecule has 0 bridgehead atoms. The molecule has 0 aliphatic heterocycles. The van der Waals surface area contributed by atoms with Crippen LogP contribution in [0.25, 0.3) is 0 Å². The summed E-state index contributed by atoms with van der Waals surface area (Å²) in [5.74, 6) is 0. The molecule has 2 aromatic rings. The van der Waals surface area contributed by atoms with Crippen LogP contribution >= 0.6 is 23.2 Å². The van der Waals surface area contributed by atoms with Crippen LogP contribution in [0, 0.1) is 6.92 Å². The molecule has 22 heavy (non-hydrogen) atoms. The molecule has 0 radical (unpaired) electrons. The summed E-state index contributed by atoms with van der Waals surface area (Å²) in [5, 5.41) is 8.28. The summed E-state index contributed by atoms with van der Waals surface area (Å²) < 4.78 is 0. The smallest absolute Gasteiger partial charge is 0.0453 e. The summed E-state index contributed by atoms with van der Waals surface area (Å²) in [7, 11) is 0. The zero-order chi connectivity index (χ0) is 15.8. The average Bonchev–Trinajstić information content (AvgIpc) is 2.48. The van der Waals surface area contributed by atoms with E-state index in [-0.39, 0.29) is 0 Å². The third-order valence-electron chi connectivity index (χ3n) is 3.48. The topological polar surface area (TPSA) is 24.1 Å². The van der Waals surface area contributed by atoms with Crippen LogP contribution in [0.1, 0.15) is 16.7 Å². The van der Waals surface area contributed by atoms with Gasteiger partial charge in [0.15, 0.2) is 0 Å². The number of hydrogen-bond acceptors (Lipinski definition) is 2. The Morgan fingerprint density at radius 3 is 2.50 bits per heavy atom. The van der Waals surface area contributed by atoms with E-state index in [0.717, 1.165) is 43.2 Å².